The normalized spacial score (nSPS) is 15.8. The van der Waals surface area contributed by atoms with Crippen LogP contribution in [0, 0.1) is 46.1 Å². The molecule has 2 aliphatic heterocycles. The maximum Gasteiger partial charge on any atom is 0.490 e. The highest BCUT2D eigenvalue weighted by molar-refractivity contribution is 6.76. The number of nitrogens with two attached hydrogens (primary N) is 2. The smallest absolute Gasteiger partial charge is 0.475 e. The van der Waals surface area contributed by atoms with E-state index >= 15 is 0 Å². The predicted octanol–water partition coefficient (Wildman–Crippen LogP) is 10.2. The molecule has 0 aliphatic carbocycles. The van der Waals surface area contributed by atoms with Gasteiger partial charge in [0.1, 0.15) is 30.7 Å². The summed E-state index contributed by atoms with van der Waals surface area (Å²) in [5, 5.41) is 44.4. The van der Waals surface area contributed by atoms with Crippen LogP contribution in [0.3, 0.4) is 0 Å². The third-order valence-corrected chi connectivity index (χ3v) is 16.0. The molecular weight excluding hydrogens is 1210 g/mol. The number of rotatable bonds is 15. The fraction of sp³-hybridized carbons (Fsp3) is 0.385. The van der Waals surface area contributed by atoms with Crippen molar-refractivity contribution in [2.45, 2.75) is 82.5 Å². The summed E-state index contributed by atoms with van der Waals surface area (Å²) in [6.07, 6.45) is 6.06. The highest BCUT2D eigenvalue weighted by atomic mass is 35.5. The van der Waals surface area contributed by atoms with Gasteiger partial charge in [0.05, 0.1) is 72.2 Å². The van der Waals surface area contributed by atoms with Gasteiger partial charge in [0.15, 0.2) is 33.6 Å². The summed E-state index contributed by atoms with van der Waals surface area (Å²) in [5.74, 6) is -6.04. The molecule has 456 valence electrons. The summed E-state index contributed by atoms with van der Waals surface area (Å²) in [6.45, 7) is 10.4. The number of anilines is 4. The summed E-state index contributed by atoms with van der Waals surface area (Å²) in [6, 6.07) is 11.6. The van der Waals surface area contributed by atoms with E-state index in [0.717, 1.165) is 70.1 Å². The van der Waals surface area contributed by atoms with Gasteiger partial charge in [-0.05, 0) is 31.0 Å². The number of fused-ring (bicyclic) bond motifs is 2. The van der Waals surface area contributed by atoms with Crippen molar-refractivity contribution >= 4 is 88.3 Å². The molecule has 8 aromatic rings. The van der Waals surface area contributed by atoms with Gasteiger partial charge < -0.3 is 45.8 Å². The van der Waals surface area contributed by atoms with Crippen molar-refractivity contribution in [1.82, 2.24) is 59.0 Å². The van der Waals surface area contributed by atoms with E-state index in [0.29, 0.717) is 32.9 Å². The van der Waals surface area contributed by atoms with Crippen LogP contribution in [0.5, 0.6) is 0 Å². The minimum absolute atomic E-state index is 0.0599. The topological polar surface area (TPSA) is 324 Å². The SMILES string of the molecule is C[Si](C)(C)CCOCn1ccc2c(-c3cnn(C(CC#N)[C@H]4CCN(c5nc(Cl)c(N)cc5F)C4)c3)ncnc21.N#CC[C@@H]([C@H]1CCN(c2nc(Cl)c(N)cc2F)C1)n1cc(-c2ncnc3[nH]ccc23)cn1.O=C(O)C(F)(F)F.O=C(O)C(F)(F)F. The van der Waals surface area contributed by atoms with E-state index in [4.69, 9.17) is 59.2 Å². The number of alkyl halides is 6. The fourth-order valence-corrected chi connectivity index (χ4v) is 10.4. The number of hydrogen-bond donors (Lipinski definition) is 5. The highest BCUT2D eigenvalue weighted by Gasteiger charge is 2.39. The van der Waals surface area contributed by atoms with Gasteiger partial charge in [0.25, 0.3) is 0 Å². The van der Waals surface area contributed by atoms with Crippen LogP contribution in [0.15, 0.2) is 74.1 Å². The molecule has 0 aromatic carbocycles. The van der Waals surface area contributed by atoms with Crippen molar-refractivity contribution in [1.29, 1.82) is 10.5 Å². The molecule has 0 saturated carbocycles. The van der Waals surface area contributed by atoms with E-state index in [9.17, 15) is 45.6 Å². The minimum atomic E-state index is -5.08. The largest absolute Gasteiger partial charge is 0.490 e. The van der Waals surface area contributed by atoms with Gasteiger partial charge in [-0.1, -0.05) is 42.8 Å². The first kappa shape index (κ1) is 64.8. The number of carbonyl (C=O) groups is 2. The van der Waals surface area contributed by atoms with E-state index in [1.165, 1.54) is 18.5 Å². The summed E-state index contributed by atoms with van der Waals surface area (Å²) in [4.78, 5) is 50.5. The van der Waals surface area contributed by atoms with Crippen LogP contribution >= 0.6 is 23.2 Å². The number of nitrogens with zero attached hydrogens (tertiary/aromatic N) is 15. The van der Waals surface area contributed by atoms with Crippen LogP contribution in [0.1, 0.15) is 37.8 Å². The predicted molar refractivity (Wildman–Crippen MR) is 302 cm³/mol. The molecule has 1 unspecified atom stereocenters. The number of aromatic amines is 1. The first-order valence-corrected chi connectivity index (χ1v) is 30.4. The Balaban J connectivity index is 0.000000204. The molecule has 7 N–H and O–H groups in total. The van der Waals surface area contributed by atoms with Gasteiger partial charge in [-0.15, -0.1) is 0 Å². The molecule has 2 aliphatic rings. The molecule has 2 fully saturated rings. The van der Waals surface area contributed by atoms with Crippen LogP contribution in [0.4, 0.5) is 58.1 Å². The monoisotopic (exact) mass is 1260 g/mol. The zero-order valence-corrected chi connectivity index (χ0v) is 48.3. The van der Waals surface area contributed by atoms with Crippen LogP contribution in [0.25, 0.3) is 44.6 Å². The maximum atomic E-state index is 14.6. The summed E-state index contributed by atoms with van der Waals surface area (Å²) >= 11 is 12.1. The minimum Gasteiger partial charge on any atom is -0.475 e. The Morgan fingerprint density at radius 1 is 0.767 bits per heavy atom. The molecule has 10 rings (SSSR count). The number of hydrogen-bond acceptors (Lipinski definition) is 17. The second-order valence-corrected chi connectivity index (χ2v) is 27.1. The number of aliphatic carboxylic acids is 2. The molecule has 0 amide bonds. The lowest BCUT2D eigenvalue weighted by Crippen LogP contribution is -2.26. The first-order chi connectivity index (χ1) is 40.6. The number of pyridine rings is 2. The van der Waals surface area contributed by atoms with Crippen molar-refractivity contribution < 1.29 is 59.7 Å². The second kappa shape index (κ2) is 27.5. The van der Waals surface area contributed by atoms with Gasteiger partial charge in [0, 0.05) is 112 Å². The quantitative estimate of drug-likeness (QED) is 0.0276. The molecule has 0 spiro atoms. The van der Waals surface area contributed by atoms with Crippen molar-refractivity contribution in [3.63, 3.8) is 0 Å². The van der Waals surface area contributed by atoms with Crippen molar-refractivity contribution in [2.24, 2.45) is 11.8 Å². The molecule has 34 heteroatoms. The fourth-order valence-electron chi connectivity index (χ4n) is 9.38. The average Bonchev–Trinajstić information content (AvgIpc) is 3.86. The number of nitrogen functional groups attached to an aromatic ring is 2. The van der Waals surface area contributed by atoms with Crippen molar-refractivity contribution in [2.75, 3.05) is 54.1 Å². The number of ether oxygens (including phenoxy) is 1. The Labute approximate surface area is 494 Å². The van der Waals surface area contributed by atoms with Crippen molar-refractivity contribution in [3.8, 4) is 34.7 Å². The first-order valence-electron chi connectivity index (χ1n) is 25.9. The highest BCUT2D eigenvalue weighted by Crippen LogP contribution is 2.38. The van der Waals surface area contributed by atoms with Crippen LogP contribution in [0.2, 0.25) is 36.0 Å². The number of carboxylic acids is 2. The molecule has 23 nitrogen and oxygen atoms in total. The van der Waals surface area contributed by atoms with Crippen LogP contribution in [-0.4, -0.2) is 134 Å². The molecule has 2 saturated heterocycles. The van der Waals surface area contributed by atoms with E-state index in [-0.39, 0.29) is 70.1 Å². The number of carboxylic acid groups (broad SMARTS) is 2. The Morgan fingerprint density at radius 3 is 1.69 bits per heavy atom. The lowest BCUT2D eigenvalue weighted by atomic mass is 9.96. The van der Waals surface area contributed by atoms with E-state index in [1.54, 1.807) is 18.7 Å². The Morgan fingerprint density at radius 2 is 1.23 bits per heavy atom. The third-order valence-electron chi connectivity index (χ3n) is 13.7. The van der Waals surface area contributed by atoms with Gasteiger partial charge >= 0.3 is 24.3 Å². The summed E-state index contributed by atoms with van der Waals surface area (Å²) < 4.78 is 104. The standard InChI is InChI=1S/C27H33ClFN9OSi.C21H19ClFN9.2C2HF3O2/c1-40(2,3)11-10-39-17-37-9-6-20-24(32-16-33-26(20)37)19-13-34-38(15-19)23(4-7-30)18-5-8-36(14-18)27-21(29)12-22(31)25(28)35-27;22-19-16(25)7-15(23)21(30-19)31-6-3-12(9-31)17(1-4-24)32-10-13(8-29-32)18-14-2-5-26-20(14)28-11-27-18;2*3-2(4,5)1(6)7/h6,9,12-13,15-16,18,23H,4-5,8,10-11,14,17,31H2,1-3H3;2,5,7-8,10-12,17H,1,3,6,9,25H2,(H,26,27,28);2*(H,6,7)/t18-,23?;12-,17-;;/m00../s1. The Hall–Kier alpha value is -8.72. The lowest BCUT2D eigenvalue weighted by Gasteiger charge is -2.23. The molecule has 86 heavy (non-hydrogen) atoms. The molecule has 10 heterocycles. The second-order valence-electron chi connectivity index (χ2n) is 20.8. The lowest BCUT2D eigenvalue weighted by molar-refractivity contribution is -0.193. The van der Waals surface area contributed by atoms with Gasteiger partial charge in [0.2, 0.25) is 0 Å². The third kappa shape index (κ3) is 16.2. The number of H-pyrrole nitrogens is 1. The van der Waals surface area contributed by atoms with E-state index in [2.05, 4.69) is 76.9 Å². The number of nitriles is 2. The van der Waals surface area contributed by atoms with E-state index in [1.807, 2.05) is 60.7 Å². The van der Waals surface area contributed by atoms with E-state index < -0.39 is 44.0 Å². The maximum absolute atomic E-state index is 14.6. The Bertz CT molecular complexity index is 3740. The molecule has 0 bridgehead atoms. The van der Waals surface area contributed by atoms with Gasteiger partial charge in [-0.2, -0.15) is 47.1 Å². The Kier molecular flexibility index (Phi) is 20.8. The van der Waals surface area contributed by atoms with Crippen LogP contribution < -0.4 is 21.3 Å². The number of halogens is 10. The summed E-state index contributed by atoms with van der Waals surface area (Å²) in [7, 11) is -1.16. The zero-order chi connectivity index (χ0) is 62.8. The van der Waals surface area contributed by atoms with Gasteiger partial charge in [-0.25, -0.2) is 48.3 Å². The molecule has 4 atom stereocenters. The summed E-state index contributed by atoms with van der Waals surface area (Å²) in [5.41, 5.74) is 16.3. The van der Waals surface area contributed by atoms with Gasteiger partial charge in [-0.3, -0.25) is 9.36 Å². The molecule has 8 aromatic heterocycles. The number of aromatic nitrogens is 12. The average molecular weight is 1260 g/mol. The molecular formula is C52H54Cl2F8N18O5Si. The van der Waals surface area contributed by atoms with Crippen molar-refractivity contribution in [3.05, 3.63) is 96.0 Å². The number of nitrogens with one attached hydrogen (secondary N) is 1. The molecule has 0 radical (unpaired) electrons. The zero-order valence-electron chi connectivity index (χ0n) is 45.8. The van der Waals surface area contributed by atoms with Crippen LogP contribution in [-0.2, 0) is 21.1 Å².